The Morgan fingerprint density at radius 3 is 2.71 bits per heavy atom. The average Bonchev–Trinajstić information content (AvgIpc) is 2.72. The first-order chi connectivity index (χ1) is 8.13. The molecule has 0 saturated carbocycles. The highest BCUT2D eigenvalue weighted by Crippen LogP contribution is 2.25. The first-order valence-electron chi connectivity index (χ1n) is 5.64. The molecule has 0 amide bonds. The van der Waals surface area contributed by atoms with E-state index in [4.69, 9.17) is 5.84 Å². The van der Waals surface area contributed by atoms with E-state index in [9.17, 15) is 0 Å². The highest BCUT2D eigenvalue weighted by molar-refractivity contribution is 5.39. The summed E-state index contributed by atoms with van der Waals surface area (Å²) in [7, 11) is 1.90. The van der Waals surface area contributed by atoms with Crippen molar-refractivity contribution in [3.63, 3.8) is 0 Å². The van der Waals surface area contributed by atoms with Gasteiger partial charge in [0.15, 0.2) is 0 Å². The number of hydrazine groups is 1. The van der Waals surface area contributed by atoms with Gasteiger partial charge in [-0.25, -0.2) is 5.43 Å². The molecule has 0 fully saturated rings. The van der Waals surface area contributed by atoms with Gasteiger partial charge >= 0.3 is 0 Å². The van der Waals surface area contributed by atoms with Crippen molar-refractivity contribution in [2.75, 3.05) is 0 Å². The molecule has 0 bridgehead atoms. The van der Waals surface area contributed by atoms with E-state index in [0.717, 1.165) is 5.56 Å². The second-order valence-electron chi connectivity index (χ2n) is 4.34. The molecule has 2 rings (SSSR count). The molecular weight excluding hydrogens is 212 g/mol. The van der Waals surface area contributed by atoms with Crippen molar-refractivity contribution in [3.05, 3.63) is 52.8 Å². The zero-order valence-electron chi connectivity index (χ0n) is 10.4. The van der Waals surface area contributed by atoms with Gasteiger partial charge < -0.3 is 0 Å². The molecule has 2 aromatic rings. The average molecular weight is 230 g/mol. The fourth-order valence-corrected chi connectivity index (χ4v) is 2.04. The van der Waals surface area contributed by atoms with Crippen LogP contribution in [0.25, 0.3) is 0 Å². The normalized spacial score (nSPS) is 12.7. The van der Waals surface area contributed by atoms with Crippen molar-refractivity contribution < 1.29 is 0 Å². The highest BCUT2D eigenvalue weighted by atomic mass is 15.3. The number of hydrogen-bond donors (Lipinski definition) is 2. The Hall–Kier alpha value is -1.65. The van der Waals surface area contributed by atoms with Crippen LogP contribution in [0.15, 0.2) is 30.6 Å². The maximum atomic E-state index is 5.68. The van der Waals surface area contributed by atoms with Crippen LogP contribution in [-0.2, 0) is 7.05 Å². The summed E-state index contributed by atoms with van der Waals surface area (Å²) in [5, 5.41) is 4.18. The Bertz CT molecular complexity index is 516. The third-order valence-corrected chi connectivity index (χ3v) is 3.18. The molecule has 0 aliphatic heterocycles. The van der Waals surface area contributed by atoms with E-state index in [1.165, 1.54) is 16.7 Å². The summed E-state index contributed by atoms with van der Waals surface area (Å²) >= 11 is 0. The lowest BCUT2D eigenvalue weighted by molar-refractivity contribution is 0.632. The van der Waals surface area contributed by atoms with E-state index in [0.29, 0.717) is 0 Å². The van der Waals surface area contributed by atoms with Crippen LogP contribution in [0.5, 0.6) is 0 Å². The molecule has 0 aliphatic carbocycles. The topological polar surface area (TPSA) is 55.9 Å². The number of nitrogens with one attached hydrogen (secondary N) is 1. The summed E-state index contributed by atoms with van der Waals surface area (Å²) < 4.78 is 1.78. The number of benzene rings is 1. The quantitative estimate of drug-likeness (QED) is 0.622. The molecular formula is C13H18N4. The minimum absolute atomic E-state index is 0.0106. The van der Waals surface area contributed by atoms with Gasteiger partial charge in [-0.15, -0.1) is 0 Å². The van der Waals surface area contributed by atoms with Crippen LogP contribution < -0.4 is 11.3 Å². The number of aromatic nitrogens is 2. The summed E-state index contributed by atoms with van der Waals surface area (Å²) in [6, 6.07) is 6.25. The maximum absolute atomic E-state index is 5.68. The first kappa shape index (κ1) is 11.8. The fourth-order valence-electron chi connectivity index (χ4n) is 2.04. The van der Waals surface area contributed by atoms with Crippen LogP contribution in [0.3, 0.4) is 0 Å². The molecule has 90 valence electrons. The molecule has 1 atom stereocenters. The number of hydrogen-bond acceptors (Lipinski definition) is 3. The Kier molecular flexibility index (Phi) is 3.26. The lowest BCUT2D eigenvalue weighted by atomic mass is 9.95. The van der Waals surface area contributed by atoms with E-state index >= 15 is 0 Å². The smallest absolute Gasteiger partial charge is 0.0743 e. The van der Waals surface area contributed by atoms with Crippen molar-refractivity contribution >= 4 is 0 Å². The van der Waals surface area contributed by atoms with Gasteiger partial charge in [-0.2, -0.15) is 5.10 Å². The fraction of sp³-hybridized carbons (Fsp3) is 0.308. The second kappa shape index (κ2) is 4.69. The standard InChI is InChI=1S/C13H18N4/c1-9-5-4-6-12(10(9)2)13(16-14)11-7-15-17(3)8-11/h4-8,13,16H,14H2,1-3H3. The van der Waals surface area contributed by atoms with E-state index < -0.39 is 0 Å². The van der Waals surface area contributed by atoms with E-state index in [1.807, 2.05) is 19.4 Å². The van der Waals surface area contributed by atoms with E-state index in [1.54, 1.807) is 4.68 Å². The van der Waals surface area contributed by atoms with Crippen LogP contribution in [0.4, 0.5) is 0 Å². The molecule has 0 aliphatic rings. The SMILES string of the molecule is Cc1cccc(C(NN)c2cnn(C)c2)c1C. The van der Waals surface area contributed by atoms with Crippen molar-refractivity contribution in [1.82, 2.24) is 15.2 Å². The lowest BCUT2D eigenvalue weighted by Gasteiger charge is -2.18. The van der Waals surface area contributed by atoms with Gasteiger partial charge in [0.1, 0.15) is 0 Å². The van der Waals surface area contributed by atoms with Gasteiger partial charge in [-0.05, 0) is 30.5 Å². The summed E-state index contributed by atoms with van der Waals surface area (Å²) in [5.74, 6) is 5.68. The number of nitrogens with two attached hydrogens (primary N) is 1. The predicted octanol–water partition coefficient (Wildman–Crippen LogP) is 1.59. The maximum Gasteiger partial charge on any atom is 0.0743 e. The molecule has 17 heavy (non-hydrogen) atoms. The third-order valence-electron chi connectivity index (χ3n) is 3.18. The van der Waals surface area contributed by atoms with E-state index in [-0.39, 0.29) is 6.04 Å². The molecule has 1 heterocycles. The van der Waals surface area contributed by atoms with Crippen molar-refractivity contribution in [3.8, 4) is 0 Å². The molecule has 4 nitrogen and oxygen atoms in total. The van der Waals surface area contributed by atoms with Gasteiger partial charge in [-0.3, -0.25) is 10.5 Å². The summed E-state index contributed by atoms with van der Waals surface area (Å²) in [6.07, 6.45) is 3.82. The molecule has 1 aromatic heterocycles. The van der Waals surface area contributed by atoms with Crippen molar-refractivity contribution in [1.29, 1.82) is 0 Å². The summed E-state index contributed by atoms with van der Waals surface area (Å²) in [4.78, 5) is 0. The molecule has 3 N–H and O–H groups in total. The van der Waals surface area contributed by atoms with Crippen molar-refractivity contribution in [2.45, 2.75) is 19.9 Å². The van der Waals surface area contributed by atoms with Crippen LogP contribution in [0.2, 0.25) is 0 Å². The minimum atomic E-state index is -0.0106. The van der Waals surface area contributed by atoms with Crippen LogP contribution in [0.1, 0.15) is 28.3 Å². The minimum Gasteiger partial charge on any atom is -0.275 e. The van der Waals surface area contributed by atoms with Crippen LogP contribution in [0, 0.1) is 13.8 Å². The largest absolute Gasteiger partial charge is 0.275 e. The van der Waals surface area contributed by atoms with Gasteiger partial charge in [-0.1, -0.05) is 18.2 Å². The Morgan fingerprint density at radius 1 is 1.35 bits per heavy atom. The Labute approximate surface area is 101 Å². The van der Waals surface area contributed by atoms with Gasteiger partial charge in [0.25, 0.3) is 0 Å². The molecule has 0 radical (unpaired) electrons. The molecule has 0 saturated heterocycles. The third kappa shape index (κ3) is 2.23. The second-order valence-corrected chi connectivity index (χ2v) is 4.34. The summed E-state index contributed by atoms with van der Waals surface area (Å²) in [6.45, 7) is 4.22. The molecule has 0 spiro atoms. The monoisotopic (exact) mass is 230 g/mol. The first-order valence-corrected chi connectivity index (χ1v) is 5.64. The van der Waals surface area contributed by atoms with Gasteiger partial charge in [0.05, 0.1) is 12.2 Å². The van der Waals surface area contributed by atoms with Gasteiger partial charge in [0, 0.05) is 18.8 Å². The van der Waals surface area contributed by atoms with E-state index in [2.05, 4.69) is 42.6 Å². The predicted molar refractivity (Wildman–Crippen MR) is 68.3 cm³/mol. The van der Waals surface area contributed by atoms with Crippen LogP contribution >= 0.6 is 0 Å². The number of aryl methyl sites for hydroxylation is 2. The lowest BCUT2D eigenvalue weighted by Crippen LogP contribution is -2.29. The molecule has 1 aromatic carbocycles. The summed E-state index contributed by atoms with van der Waals surface area (Å²) in [5.41, 5.74) is 7.66. The van der Waals surface area contributed by atoms with Crippen LogP contribution in [-0.4, -0.2) is 9.78 Å². The zero-order valence-corrected chi connectivity index (χ0v) is 10.4. The molecule has 1 unspecified atom stereocenters. The number of rotatable bonds is 3. The van der Waals surface area contributed by atoms with Gasteiger partial charge in [0.2, 0.25) is 0 Å². The number of nitrogens with zero attached hydrogens (tertiary/aromatic N) is 2. The highest BCUT2D eigenvalue weighted by Gasteiger charge is 2.16. The van der Waals surface area contributed by atoms with Crippen molar-refractivity contribution in [2.24, 2.45) is 12.9 Å². The Balaban J connectivity index is 2.45. The molecule has 4 heteroatoms. The zero-order chi connectivity index (χ0) is 12.4. The Morgan fingerprint density at radius 2 is 2.12 bits per heavy atom.